The lowest BCUT2D eigenvalue weighted by Gasteiger charge is -2.11. The summed E-state index contributed by atoms with van der Waals surface area (Å²) < 4.78 is 8.66. The molecule has 0 aliphatic heterocycles. The number of benzene rings is 8. The highest BCUT2D eigenvalue weighted by Crippen LogP contribution is 2.44. The Bertz CT molecular complexity index is 2810. The molecule has 224 valence electrons. The van der Waals surface area contributed by atoms with E-state index in [0.717, 1.165) is 16.7 Å². The summed E-state index contributed by atoms with van der Waals surface area (Å²) in [6.45, 7) is 0. The molecule has 8 aromatic carbocycles. The van der Waals surface area contributed by atoms with Gasteiger partial charge in [0.25, 0.3) is 0 Å². The number of nitrogens with zero attached hydrogens (tertiary/aromatic N) is 1. The van der Waals surface area contributed by atoms with Gasteiger partial charge in [0.1, 0.15) is 5.52 Å². The van der Waals surface area contributed by atoms with Gasteiger partial charge in [-0.25, -0.2) is 4.98 Å². The molecule has 0 aliphatic rings. The van der Waals surface area contributed by atoms with Crippen LogP contribution in [0.2, 0.25) is 0 Å². The predicted octanol–water partition coefficient (Wildman–Crippen LogP) is 13.2. The molecule has 0 atom stereocenters. The molecule has 48 heavy (non-hydrogen) atoms. The molecule has 0 saturated carbocycles. The van der Waals surface area contributed by atoms with E-state index in [1.807, 2.05) is 35.6 Å². The number of rotatable bonds is 4. The topological polar surface area (TPSA) is 26.0 Å². The zero-order valence-corrected chi connectivity index (χ0v) is 26.7. The van der Waals surface area contributed by atoms with Crippen LogP contribution in [0.3, 0.4) is 0 Å². The summed E-state index contributed by atoms with van der Waals surface area (Å²) in [4.78, 5) is 4.73. The van der Waals surface area contributed by atoms with Crippen LogP contribution in [0.4, 0.5) is 0 Å². The van der Waals surface area contributed by atoms with E-state index >= 15 is 0 Å². The van der Waals surface area contributed by atoms with E-state index in [2.05, 4.69) is 140 Å². The van der Waals surface area contributed by atoms with Crippen molar-refractivity contribution >= 4 is 64.2 Å². The van der Waals surface area contributed by atoms with Crippen molar-refractivity contribution in [1.29, 1.82) is 0 Å². The van der Waals surface area contributed by atoms with E-state index in [4.69, 9.17) is 9.40 Å². The van der Waals surface area contributed by atoms with Gasteiger partial charge in [-0.1, -0.05) is 103 Å². The van der Waals surface area contributed by atoms with Crippen molar-refractivity contribution in [2.45, 2.75) is 0 Å². The molecule has 2 heterocycles. The zero-order chi connectivity index (χ0) is 31.6. The minimum absolute atomic E-state index is 0.640. The summed E-state index contributed by atoms with van der Waals surface area (Å²) in [6.07, 6.45) is 0. The first kappa shape index (κ1) is 27.1. The molecule has 0 bridgehead atoms. The van der Waals surface area contributed by atoms with Crippen LogP contribution in [0.25, 0.3) is 97.7 Å². The monoisotopic (exact) mass is 629 g/mol. The van der Waals surface area contributed by atoms with E-state index < -0.39 is 0 Å². The van der Waals surface area contributed by atoms with Crippen molar-refractivity contribution < 1.29 is 4.42 Å². The fraction of sp³-hybridized carbons (Fsp3) is 0. The highest BCUT2D eigenvalue weighted by molar-refractivity contribution is 7.26. The molecule has 0 radical (unpaired) electrons. The highest BCUT2D eigenvalue weighted by Gasteiger charge is 2.16. The highest BCUT2D eigenvalue weighted by atomic mass is 32.1. The molecule has 0 saturated heterocycles. The second-order valence-electron chi connectivity index (χ2n) is 12.4. The van der Waals surface area contributed by atoms with E-state index in [1.54, 1.807) is 0 Å². The van der Waals surface area contributed by atoms with Gasteiger partial charge in [-0.15, -0.1) is 11.3 Å². The molecule has 0 fully saturated rings. The van der Waals surface area contributed by atoms with Crippen LogP contribution in [0, 0.1) is 0 Å². The quantitative estimate of drug-likeness (QED) is 0.194. The van der Waals surface area contributed by atoms with Crippen molar-refractivity contribution in [2.24, 2.45) is 0 Å². The maximum atomic E-state index is 6.08. The summed E-state index contributed by atoms with van der Waals surface area (Å²) in [5.74, 6) is 0.640. The number of hydrogen-bond donors (Lipinski definition) is 0. The van der Waals surface area contributed by atoms with Crippen molar-refractivity contribution in [1.82, 2.24) is 4.98 Å². The van der Waals surface area contributed by atoms with Gasteiger partial charge in [-0.3, -0.25) is 0 Å². The maximum Gasteiger partial charge on any atom is 0.227 e. The fourth-order valence-corrected chi connectivity index (χ4v) is 8.17. The molecule has 0 amide bonds. The molecule has 3 heteroatoms. The van der Waals surface area contributed by atoms with Crippen molar-refractivity contribution in [3.8, 4) is 44.8 Å². The molecule has 0 N–H and O–H groups in total. The van der Waals surface area contributed by atoms with Crippen LogP contribution in [0.15, 0.2) is 168 Å². The second-order valence-corrected chi connectivity index (χ2v) is 13.5. The van der Waals surface area contributed by atoms with E-state index in [1.165, 1.54) is 75.1 Å². The number of para-hydroxylation sites is 2. The first-order chi connectivity index (χ1) is 23.7. The molecular formula is C45H27NOS. The average Bonchev–Trinajstić information content (AvgIpc) is 3.76. The lowest BCUT2D eigenvalue weighted by atomic mass is 9.94. The van der Waals surface area contributed by atoms with Gasteiger partial charge in [0.05, 0.1) is 0 Å². The Morgan fingerprint density at radius 3 is 1.71 bits per heavy atom. The summed E-state index contributed by atoms with van der Waals surface area (Å²) in [7, 11) is 0. The van der Waals surface area contributed by atoms with Crippen molar-refractivity contribution in [3.05, 3.63) is 164 Å². The Labute approximate surface area is 281 Å². The molecule has 0 aliphatic carbocycles. The summed E-state index contributed by atoms with van der Waals surface area (Å²) >= 11 is 1.87. The van der Waals surface area contributed by atoms with Crippen LogP contribution < -0.4 is 0 Å². The Hall–Kier alpha value is -6.03. The van der Waals surface area contributed by atoms with E-state index in [0.29, 0.717) is 5.89 Å². The summed E-state index contributed by atoms with van der Waals surface area (Å²) in [5.41, 5.74) is 9.92. The largest absolute Gasteiger partial charge is 0.436 e. The smallest absolute Gasteiger partial charge is 0.227 e. The number of aromatic nitrogens is 1. The molecule has 0 spiro atoms. The van der Waals surface area contributed by atoms with Gasteiger partial charge in [-0.2, -0.15) is 0 Å². The van der Waals surface area contributed by atoms with Crippen molar-refractivity contribution in [3.63, 3.8) is 0 Å². The Morgan fingerprint density at radius 2 is 0.979 bits per heavy atom. The number of hydrogen-bond acceptors (Lipinski definition) is 3. The number of fused-ring (bicyclic) bond motifs is 6. The summed E-state index contributed by atoms with van der Waals surface area (Å²) in [6, 6.07) is 58.9. The number of thiophene rings is 1. The lowest BCUT2D eigenvalue weighted by Crippen LogP contribution is -1.85. The SMILES string of the molecule is c1ccc2cc(-c3ccc4sc5c(-c6ccc(-c7nc8ccccc8o7)cc6)cc(-c6ccc7ccccc7c6)cc5c4c3)ccc2c1. The van der Waals surface area contributed by atoms with Gasteiger partial charge in [0, 0.05) is 31.3 Å². The van der Waals surface area contributed by atoms with Crippen LogP contribution in [0.5, 0.6) is 0 Å². The van der Waals surface area contributed by atoms with Crippen LogP contribution in [0.1, 0.15) is 0 Å². The Kier molecular flexibility index (Phi) is 6.08. The molecule has 10 rings (SSSR count). The van der Waals surface area contributed by atoms with Gasteiger partial charge in [0.2, 0.25) is 5.89 Å². The Balaban J connectivity index is 1.16. The van der Waals surface area contributed by atoms with Crippen LogP contribution in [-0.4, -0.2) is 4.98 Å². The molecular weight excluding hydrogens is 603 g/mol. The minimum atomic E-state index is 0.640. The third kappa shape index (κ3) is 4.51. The van der Waals surface area contributed by atoms with Gasteiger partial charge >= 0.3 is 0 Å². The molecule has 10 aromatic rings. The van der Waals surface area contributed by atoms with Gasteiger partial charge in [-0.05, 0) is 110 Å². The minimum Gasteiger partial charge on any atom is -0.436 e. The first-order valence-corrected chi connectivity index (χ1v) is 17.0. The van der Waals surface area contributed by atoms with E-state index in [-0.39, 0.29) is 0 Å². The fourth-order valence-electron chi connectivity index (χ4n) is 6.96. The molecule has 0 unspecified atom stereocenters. The van der Waals surface area contributed by atoms with Crippen molar-refractivity contribution in [2.75, 3.05) is 0 Å². The second kappa shape index (κ2) is 10.8. The van der Waals surface area contributed by atoms with Gasteiger partial charge in [0.15, 0.2) is 5.58 Å². The average molecular weight is 630 g/mol. The lowest BCUT2D eigenvalue weighted by molar-refractivity contribution is 0.620. The third-order valence-corrected chi connectivity index (χ3v) is 10.7. The van der Waals surface area contributed by atoms with Crippen LogP contribution in [-0.2, 0) is 0 Å². The molecule has 2 aromatic heterocycles. The van der Waals surface area contributed by atoms with Gasteiger partial charge < -0.3 is 4.42 Å². The zero-order valence-electron chi connectivity index (χ0n) is 25.9. The Morgan fingerprint density at radius 1 is 0.417 bits per heavy atom. The maximum absolute atomic E-state index is 6.08. The summed E-state index contributed by atoms with van der Waals surface area (Å²) in [5, 5.41) is 7.57. The standard InChI is InChI=1S/C45H27NOS/c1-3-9-32-23-34(19-13-28(32)7-1)36-21-22-43-39(25-36)40-27-37(35-20-14-29-8-2-4-10-33(29)24-35)26-38(44(40)48-43)30-15-17-31(18-16-30)45-46-41-11-5-6-12-42(41)47-45/h1-27H. The number of oxazole rings is 1. The van der Waals surface area contributed by atoms with E-state index in [9.17, 15) is 0 Å². The third-order valence-electron chi connectivity index (χ3n) is 9.47. The normalized spacial score (nSPS) is 11.8. The predicted molar refractivity (Wildman–Crippen MR) is 204 cm³/mol. The molecule has 2 nitrogen and oxygen atoms in total. The van der Waals surface area contributed by atoms with Crippen LogP contribution >= 0.6 is 11.3 Å². The first-order valence-electron chi connectivity index (χ1n) is 16.2.